The van der Waals surface area contributed by atoms with Crippen molar-refractivity contribution < 1.29 is 22.6 Å². The number of anilines is 1. The van der Waals surface area contributed by atoms with Crippen molar-refractivity contribution in [2.45, 2.75) is 32.6 Å². The van der Waals surface area contributed by atoms with E-state index in [9.17, 15) is 8.42 Å². The quantitative estimate of drug-likeness (QED) is 0.328. The number of sulfonamides is 1. The second kappa shape index (κ2) is 10.6. The molecule has 0 saturated heterocycles. The Morgan fingerprint density at radius 3 is 2.28 bits per heavy atom. The van der Waals surface area contributed by atoms with Crippen LogP contribution in [-0.4, -0.2) is 41.2 Å². The van der Waals surface area contributed by atoms with E-state index in [0.29, 0.717) is 42.1 Å². The van der Waals surface area contributed by atoms with E-state index in [4.69, 9.17) is 14.2 Å². The number of aromatic nitrogens is 4. The van der Waals surface area contributed by atoms with E-state index in [1.807, 2.05) is 25.3 Å². The van der Waals surface area contributed by atoms with Crippen LogP contribution in [0.2, 0.25) is 0 Å². The molecule has 0 aliphatic rings. The molecule has 1 N–H and O–H groups in total. The minimum atomic E-state index is -3.91. The summed E-state index contributed by atoms with van der Waals surface area (Å²) in [7, 11) is -3.91. The molecule has 0 aliphatic carbocycles. The van der Waals surface area contributed by atoms with Crippen molar-refractivity contribution in [3.63, 3.8) is 0 Å². The van der Waals surface area contributed by atoms with E-state index in [1.54, 1.807) is 55.7 Å². The van der Waals surface area contributed by atoms with Crippen molar-refractivity contribution in [3.8, 4) is 28.9 Å². The summed E-state index contributed by atoms with van der Waals surface area (Å²) in [5.41, 5.74) is 2.25. The van der Waals surface area contributed by atoms with Crippen LogP contribution in [0.1, 0.15) is 25.2 Å². The molecule has 10 nitrogen and oxygen atoms in total. The van der Waals surface area contributed by atoms with Gasteiger partial charge in [0, 0.05) is 23.5 Å². The van der Waals surface area contributed by atoms with Crippen LogP contribution in [0, 0.1) is 13.8 Å². The van der Waals surface area contributed by atoms with Gasteiger partial charge in [-0.1, -0.05) is 0 Å². The first-order valence-electron chi connectivity index (χ1n) is 11.3. The monoisotopic (exact) mass is 509 g/mol. The molecular weight excluding hydrogens is 482 g/mol. The third kappa shape index (κ3) is 5.57. The first-order chi connectivity index (χ1) is 17.3. The van der Waals surface area contributed by atoms with E-state index in [1.165, 1.54) is 12.4 Å². The minimum Gasteiger partial charge on any atom is -0.494 e. The maximum atomic E-state index is 13.1. The van der Waals surface area contributed by atoms with Crippen LogP contribution < -0.4 is 18.9 Å². The number of imidazole rings is 1. The second-order valence-electron chi connectivity index (χ2n) is 7.71. The highest BCUT2D eigenvalue weighted by Gasteiger charge is 2.21. The highest BCUT2D eigenvalue weighted by atomic mass is 32.2. The lowest BCUT2D eigenvalue weighted by Crippen LogP contribution is -2.14. The first-order valence-corrected chi connectivity index (χ1v) is 12.8. The fourth-order valence-corrected chi connectivity index (χ4v) is 4.59. The molecule has 36 heavy (non-hydrogen) atoms. The van der Waals surface area contributed by atoms with Crippen LogP contribution >= 0.6 is 0 Å². The Kier molecular flexibility index (Phi) is 7.39. The van der Waals surface area contributed by atoms with Gasteiger partial charge in [0.05, 0.1) is 18.9 Å². The molecule has 2 aromatic carbocycles. The van der Waals surface area contributed by atoms with Crippen molar-refractivity contribution in [2.75, 3.05) is 17.9 Å². The van der Waals surface area contributed by atoms with Gasteiger partial charge >= 0.3 is 0 Å². The van der Waals surface area contributed by atoms with Crippen molar-refractivity contribution >= 4 is 15.7 Å². The lowest BCUT2D eigenvalue weighted by Gasteiger charge is -2.14. The molecule has 0 fully saturated rings. The summed E-state index contributed by atoms with van der Waals surface area (Å²) in [6, 6.07) is 12.8. The normalized spacial score (nSPS) is 11.2. The summed E-state index contributed by atoms with van der Waals surface area (Å²) < 4.78 is 47.4. The predicted molar refractivity (Wildman–Crippen MR) is 135 cm³/mol. The molecule has 0 saturated carbocycles. The molecule has 2 heterocycles. The van der Waals surface area contributed by atoms with Gasteiger partial charge in [0.15, 0.2) is 0 Å². The molecule has 0 atom stereocenters. The summed E-state index contributed by atoms with van der Waals surface area (Å²) in [5.74, 6) is 2.21. The van der Waals surface area contributed by atoms with Crippen molar-refractivity contribution in [2.24, 2.45) is 0 Å². The number of nitrogens with one attached hydrogen (secondary N) is 1. The molecule has 11 heteroatoms. The molecule has 4 rings (SSSR count). The lowest BCUT2D eigenvalue weighted by molar-refractivity contribution is 0.317. The summed E-state index contributed by atoms with van der Waals surface area (Å²) in [4.78, 5) is 12.8. The third-order valence-corrected chi connectivity index (χ3v) is 6.69. The van der Waals surface area contributed by atoms with Gasteiger partial charge in [-0.2, -0.15) is 0 Å². The maximum Gasteiger partial charge on any atom is 0.265 e. The van der Waals surface area contributed by atoms with Gasteiger partial charge < -0.3 is 14.2 Å². The van der Waals surface area contributed by atoms with Crippen LogP contribution in [0.15, 0.2) is 66.1 Å². The van der Waals surface area contributed by atoms with E-state index >= 15 is 0 Å². The fourth-order valence-electron chi connectivity index (χ4n) is 3.40. The Labute approximate surface area is 210 Å². The van der Waals surface area contributed by atoms with Crippen LogP contribution in [0.5, 0.6) is 23.1 Å². The molecule has 0 spiro atoms. The average molecular weight is 510 g/mol. The van der Waals surface area contributed by atoms with E-state index in [-0.39, 0.29) is 10.6 Å². The third-order valence-electron chi connectivity index (χ3n) is 5.27. The number of hydrogen-bond donors (Lipinski definition) is 1. The van der Waals surface area contributed by atoms with Gasteiger partial charge in [-0.15, -0.1) is 0 Å². The van der Waals surface area contributed by atoms with Crippen molar-refractivity contribution in [1.29, 1.82) is 0 Å². The topological polar surface area (TPSA) is 117 Å². The molecule has 0 amide bonds. The Balaban J connectivity index is 1.50. The Morgan fingerprint density at radius 1 is 0.889 bits per heavy atom. The average Bonchev–Trinajstić information content (AvgIpc) is 3.19. The fraction of sp³-hybridized carbons (Fsp3) is 0.240. The molecule has 4 aromatic rings. The second-order valence-corrected chi connectivity index (χ2v) is 9.36. The van der Waals surface area contributed by atoms with E-state index < -0.39 is 10.0 Å². The number of hydrogen-bond acceptors (Lipinski definition) is 8. The zero-order chi connectivity index (χ0) is 25.7. The van der Waals surface area contributed by atoms with Crippen LogP contribution in [-0.2, 0) is 10.0 Å². The zero-order valence-electron chi connectivity index (χ0n) is 20.4. The van der Waals surface area contributed by atoms with Gasteiger partial charge in [-0.25, -0.2) is 23.4 Å². The van der Waals surface area contributed by atoms with E-state index in [0.717, 1.165) is 11.4 Å². The van der Waals surface area contributed by atoms with Crippen LogP contribution in [0.4, 0.5) is 5.69 Å². The Hall–Kier alpha value is -4.12. The van der Waals surface area contributed by atoms with Gasteiger partial charge in [-0.3, -0.25) is 9.29 Å². The van der Waals surface area contributed by atoms with E-state index in [2.05, 4.69) is 19.7 Å². The molecule has 0 bridgehead atoms. The van der Waals surface area contributed by atoms with Gasteiger partial charge in [0.2, 0.25) is 5.88 Å². The summed E-state index contributed by atoms with van der Waals surface area (Å²) >= 11 is 0. The molecule has 0 aliphatic heterocycles. The molecule has 188 valence electrons. The van der Waals surface area contributed by atoms with Gasteiger partial charge in [0.25, 0.3) is 10.0 Å². The minimum absolute atomic E-state index is 0.0201. The van der Waals surface area contributed by atoms with Gasteiger partial charge in [0.1, 0.15) is 40.6 Å². The smallest absolute Gasteiger partial charge is 0.265 e. The van der Waals surface area contributed by atoms with Gasteiger partial charge in [-0.05, 0) is 64.1 Å². The first kappa shape index (κ1) is 25.0. The number of aryl methyl sites for hydroxylation is 1. The van der Waals surface area contributed by atoms with Crippen LogP contribution in [0.3, 0.4) is 0 Å². The molecule has 0 radical (unpaired) electrons. The number of ether oxygens (including phenoxy) is 3. The SMILES string of the molecule is CCOc1ccc(S(=O)(=O)Nc2ccc(Oc3cc(-n4cnc(C)c4C)ncn3)cc2)c(OCC)c1. The Bertz CT molecular complexity index is 1450. The highest BCUT2D eigenvalue weighted by molar-refractivity contribution is 7.92. The van der Waals surface area contributed by atoms with Crippen molar-refractivity contribution in [3.05, 3.63) is 72.6 Å². The standard InChI is InChI=1S/C25H27N5O5S/c1-5-33-21-11-12-23(22(13-21)34-6-2)36(31,32)29-19-7-9-20(10-8-19)35-25-14-24(26-15-27-25)30-16-28-17(3)18(30)4/h7-16,29H,5-6H2,1-4H3. The zero-order valence-corrected chi connectivity index (χ0v) is 21.2. The molecular formula is C25H27N5O5S. The predicted octanol–water partition coefficient (Wildman–Crippen LogP) is 4.67. The summed E-state index contributed by atoms with van der Waals surface area (Å²) in [5, 5.41) is 0. The highest BCUT2D eigenvalue weighted by Crippen LogP contribution is 2.31. The molecule has 0 unspecified atom stereocenters. The number of nitrogens with zero attached hydrogens (tertiary/aromatic N) is 4. The summed E-state index contributed by atoms with van der Waals surface area (Å²) in [6.45, 7) is 8.29. The van der Waals surface area contributed by atoms with Crippen LogP contribution in [0.25, 0.3) is 5.82 Å². The maximum absolute atomic E-state index is 13.1. The van der Waals surface area contributed by atoms with Crippen molar-refractivity contribution in [1.82, 2.24) is 19.5 Å². The largest absolute Gasteiger partial charge is 0.494 e. The molecule has 2 aromatic heterocycles. The Morgan fingerprint density at radius 2 is 1.61 bits per heavy atom. The summed E-state index contributed by atoms with van der Waals surface area (Å²) in [6.07, 6.45) is 3.10. The number of benzene rings is 2. The lowest BCUT2D eigenvalue weighted by atomic mass is 10.3. The number of rotatable bonds is 10.